The second-order valence-electron chi connectivity index (χ2n) is 6.00. The monoisotopic (exact) mass is 426 g/mol. The van der Waals surface area contributed by atoms with E-state index < -0.39 is 7.92 Å². The maximum atomic E-state index is 2.23. The molecule has 0 nitrogen and oxygen atoms in total. The van der Waals surface area contributed by atoms with E-state index in [1.807, 2.05) is 18.2 Å². The van der Waals surface area contributed by atoms with Gasteiger partial charge in [0.15, 0.2) is 0 Å². The Balaban J connectivity index is 0.000000373. The molecule has 0 aliphatic heterocycles. The van der Waals surface area contributed by atoms with Crippen LogP contribution in [-0.4, -0.2) is 0 Å². The fraction of sp³-hybridized carbons (Fsp3) is 0.0400. The molecule has 0 radical (unpaired) electrons. The first-order chi connectivity index (χ1) is 12.8. The first-order valence-corrected chi connectivity index (χ1v) is 10.2. The lowest BCUT2D eigenvalue weighted by Crippen LogP contribution is -2.20. The lowest BCUT2D eigenvalue weighted by molar-refractivity contribution is 1.48. The lowest BCUT2D eigenvalue weighted by atomic mass is 10.2. The van der Waals surface area contributed by atoms with Crippen LogP contribution in [0.3, 0.4) is 0 Å². The SMILES string of the molecule is Cc1ccccc1.Cl.Cl.c1ccc(P(c2ccccc2)c2ccccc2)cc1. The molecule has 0 atom stereocenters. The van der Waals surface area contributed by atoms with Gasteiger partial charge in [-0.15, -0.1) is 24.8 Å². The molecule has 0 unspecified atom stereocenters. The Kier molecular flexibility index (Phi) is 11.2. The van der Waals surface area contributed by atoms with Gasteiger partial charge in [0.2, 0.25) is 0 Å². The topological polar surface area (TPSA) is 0 Å². The molecule has 4 rings (SSSR count). The quantitative estimate of drug-likeness (QED) is 0.338. The minimum Gasteiger partial charge on any atom is -0.147 e. The van der Waals surface area contributed by atoms with Crippen LogP contribution in [0, 0.1) is 6.92 Å². The van der Waals surface area contributed by atoms with Crippen LogP contribution < -0.4 is 15.9 Å². The van der Waals surface area contributed by atoms with Crippen molar-refractivity contribution in [3.05, 3.63) is 127 Å². The van der Waals surface area contributed by atoms with Gasteiger partial charge in [-0.25, -0.2) is 0 Å². The van der Waals surface area contributed by atoms with Gasteiger partial charge in [0.25, 0.3) is 0 Å². The number of rotatable bonds is 3. The van der Waals surface area contributed by atoms with Gasteiger partial charge in [0.1, 0.15) is 0 Å². The third-order valence-electron chi connectivity index (χ3n) is 3.98. The van der Waals surface area contributed by atoms with E-state index in [-0.39, 0.29) is 24.8 Å². The van der Waals surface area contributed by atoms with E-state index in [4.69, 9.17) is 0 Å². The van der Waals surface area contributed by atoms with Gasteiger partial charge in [-0.2, -0.15) is 0 Å². The summed E-state index contributed by atoms with van der Waals surface area (Å²) in [6.45, 7) is 2.08. The summed E-state index contributed by atoms with van der Waals surface area (Å²) in [4.78, 5) is 0. The molecule has 0 N–H and O–H groups in total. The van der Waals surface area contributed by atoms with Crippen molar-refractivity contribution in [2.45, 2.75) is 6.92 Å². The van der Waals surface area contributed by atoms with Crippen molar-refractivity contribution in [2.75, 3.05) is 0 Å². The number of benzene rings is 4. The molecule has 28 heavy (non-hydrogen) atoms. The Morgan fingerprint density at radius 3 is 0.857 bits per heavy atom. The molecule has 0 fully saturated rings. The Morgan fingerprint density at radius 2 is 0.643 bits per heavy atom. The van der Waals surface area contributed by atoms with Gasteiger partial charge in [0.05, 0.1) is 0 Å². The summed E-state index contributed by atoms with van der Waals surface area (Å²) >= 11 is 0. The van der Waals surface area contributed by atoms with E-state index in [1.54, 1.807) is 0 Å². The van der Waals surface area contributed by atoms with E-state index in [0.717, 1.165) is 0 Å². The highest BCUT2D eigenvalue weighted by molar-refractivity contribution is 7.79. The maximum absolute atomic E-state index is 2.23. The fourth-order valence-corrected chi connectivity index (χ4v) is 5.02. The first kappa shape index (κ1) is 23.9. The van der Waals surface area contributed by atoms with Crippen LogP contribution in [0.5, 0.6) is 0 Å². The molecule has 0 heterocycles. The lowest BCUT2D eigenvalue weighted by Gasteiger charge is -2.18. The van der Waals surface area contributed by atoms with Crippen LogP contribution in [0.2, 0.25) is 0 Å². The van der Waals surface area contributed by atoms with Crippen molar-refractivity contribution in [1.29, 1.82) is 0 Å². The second kappa shape index (κ2) is 13.1. The van der Waals surface area contributed by atoms with Crippen LogP contribution in [0.15, 0.2) is 121 Å². The third kappa shape index (κ3) is 7.13. The Morgan fingerprint density at radius 1 is 0.393 bits per heavy atom. The maximum Gasteiger partial charge on any atom is -0.0134 e. The molecule has 0 saturated heterocycles. The summed E-state index contributed by atoms with van der Waals surface area (Å²) in [5, 5.41) is 4.19. The summed E-state index contributed by atoms with van der Waals surface area (Å²) in [6.07, 6.45) is 0. The number of hydrogen-bond acceptors (Lipinski definition) is 0. The highest BCUT2D eigenvalue weighted by atomic mass is 35.5. The van der Waals surface area contributed by atoms with Crippen molar-refractivity contribution in [3.8, 4) is 0 Å². The van der Waals surface area contributed by atoms with Crippen molar-refractivity contribution in [3.63, 3.8) is 0 Å². The van der Waals surface area contributed by atoms with E-state index in [0.29, 0.717) is 0 Å². The van der Waals surface area contributed by atoms with Crippen molar-refractivity contribution in [2.24, 2.45) is 0 Å². The van der Waals surface area contributed by atoms with Crippen LogP contribution in [0.4, 0.5) is 0 Å². The van der Waals surface area contributed by atoms with Crippen LogP contribution >= 0.6 is 32.7 Å². The predicted octanol–water partition coefficient (Wildman–Crippen LogP) is 6.28. The van der Waals surface area contributed by atoms with Gasteiger partial charge in [-0.3, -0.25) is 0 Å². The Bertz CT molecular complexity index is 789. The van der Waals surface area contributed by atoms with Gasteiger partial charge >= 0.3 is 0 Å². The molecule has 0 amide bonds. The first-order valence-electron chi connectivity index (χ1n) is 8.81. The predicted molar refractivity (Wildman–Crippen MR) is 131 cm³/mol. The zero-order chi connectivity index (χ0) is 18.0. The fourth-order valence-electron chi connectivity index (χ4n) is 2.71. The molecule has 0 bridgehead atoms. The highest BCUT2D eigenvalue weighted by Crippen LogP contribution is 2.32. The molecule has 0 saturated carbocycles. The highest BCUT2D eigenvalue weighted by Gasteiger charge is 2.14. The summed E-state index contributed by atoms with van der Waals surface area (Å²) in [6, 6.07) is 42.6. The van der Waals surface area contributed by atoms with E-state index in [1.165, 1.54) is 21.5 Å². The van der Waals surface area contributed by atoms with Crippen molar-refractivity contribution < 1.29 is 0 Å². The summed E-state index contributed by atoms with van der Waals surface area (Å²) < 4.78 is 0. The zero-order valence-electron chi connectivity index (χ0n) is 15.8. The van der Waals surface area contributed by atoms with Crippen LogP contribution in [0.25, 0.3) is 0 Å². The normalized spacial score (nSPS) is 9.36. The van der Waals surface area contributed by atoms with Gasteiger partial charge < -0.3 is 0 Å². The van der Waals surface area contributed by atoms with E-state index in [9.17, 15) is 0 Å². The molecular weight excluding hydrogens is 402 g/mol. The van der Waals surface area contributed by atoms with Crippen molar-refractivity contribution >= 4 is 48.6 Å². The molecule has 4 aromatic carbocycles. The standard InChI is InChI=1S/C18H15P.C7H8.2ClH/c1-4-10-16(11-5-1)19(17-12-6-2-7-13-17)18-14-8-3-9-15-18;1-7-5-3-2-4-6-7;;/h1-15H;2-6H,1H3;2*1H. The average Bonchev–Trinajstić information content (AvgIpc) is 2.72. The minimum atomic E-state index is -0.446. The molecule has 0 aromatic heterocycles. The number of hydrogen-bond donors (Lipinski definition) is 0. The van der Waals surface area contributed by atoms with E-state index in [2.05, 4.69) is 110 Å². The average molecular weight is 427 g/mol. The van der Waals surface area contributed by atoms with Crippen LogP contribution in [-0.2, 0) is 0 Å². The van der Waals surface area contributed by atoms with Crippen LogP contribution in [0.1, 0.15) is 5.56 Å². The summed E-state index contributed by atoms with van der Waals surface area (Å²) in [7, 11) is -0.446. The summed E-state index contributed by atoms with van der Waals surface area (Å²) in [5.41, 5.74) is 1.32. The number of aryl methyl sites for hydroxylation is 1. The minimum absolute atomic E-state index is 0. The zero-order valence-corrected chi connectivity index (χ0v) is 18.3. The Labute approximate surface area is 182 Å². The largest absolute Gasteiger partial charge is 0.147 e. The molecule has 0 aliphatic carbocycles. The summed E-state index contributed by atoms with van der Waals surface area (Å²) in [5.74, 6) is 0. The van der Waals surface area contributed by atoms with Gasteiger partial charge in [-0.1, -0.05) is 127 Å². The third-order valence-corrected chi connectivity index (χ3v) is 6.43. The second-order valence-corrected chi connectivity index (χ2v) is 8.22. The molecule has 3 heteroatoms. The molecule has 0 spiro atoms. The molecule has 144 valence electrons. The van der Waals surface area contributed by atoms with Gasteiger partial charge in [-0.05, 0) is 30.8 Å². The smallest absolute Gasteiger partial charge is 0.0134 e. The van der Waals surface area contributed by atoms with Crippen molar-refractivity contribution in [1.82, 2.24) is 0 Å². The Hall–Kier alpha value is -2.11. The van der Waals surface area contributed by atoms with Gasteiger partial charge in [0, 0.05) is 0 Å². The molecule has 4 aromatic rings. The molecule has 0 aliphatic rings. The van der Waals surface area contributed by atoms with E-state index >= 15 is 0 Å². The molecular formula is C25H25Cl2P. The number of halogens is 2.